The van der Waals surface area contributed by atoms with Crippen LogP contribution in [-0.4, -0.2) is 70.8 Å². The molecule has 236 valence electrons. The van der Waals surface area contributed by atoms with Crippen LogP contribution in [0.3, 0.4) is 0 Å². The lowest BCUT2D eigenvalue weighted by Gasteiger charge is -2.32. The number of benzene rings is 1. The summed E-state index contributed by atoms with van der Waals surface area (Å²) >= 11 is 0. The van der Waals surface area contributed by atoms with Crippen molar-refractivity contribution in [3.05, 3.63) is 35.9 Å². The van der Waals surface area contributed by atoms with Crippen molar-refractivity contribution in [2.45, 2.75) is 122 Å². The Kier molecular flexibility index (Phi) is 14.5. The molecule has 1 saturated carbocycles. The Bertz CT molecular complexity index is 1140. The number of hydrogen-bond donors (Lipinski definition) is 3. The molecular weight excluding hydrogens is 552 g/mol. The molecular formula is C33H52N2O6S. The Balaban J connectivity index is 2.06. The molecule has 1 aromatic carbocycles. The molecule has 1 aliphatic carbocycles. The maximum Gasteiger partial charge on any atom is 0.296 e. The number of amides is 2. The van der Waals surface area contributed by atoms with Crippen molar-refractivity contribution in [2.75, 3.05) is 12.4 Å². The third-order valence-corrected chi connectivity index (χ3v) is 10.5. The number of sulfone groups is 1. The lowest BCUT2D eigenvalue weighted by Crippen LogP contribution is -2.49. The van der Waals surface area contributed by atoms with Crippen LogP contribution in [0.1, 0.15) is 98.0 Å². The standard InChI is InChI=1S/C33H52N2O6S/c1-25(2)22-29(36)32(39)28(23-27-16-10-7-11-17-27)34-30(37)18-12-13-21-35(24-42(40,41)33(3,4)5)31(38)20-19-26-14-8-6-9-15-26/h6,8-9,14-15,25,27-29,32,36,39H,7,10-11,13,16-17,19-24H2,1-5H3,(H,34,37)/t28-,29+,32-/m1/s1. The molecule has 3 N–H and O–H groups in total. The van der Waals surface area contributed by atoms with E-state index in [0.29, 0.717) is 25.2 Å². The highest BCUT2D eigenvalue weighted by molar-refractivity contribution is 7.92. The van der Waals surface area contributed by atoms with Gasteiger partial charge in [-0.1, -0.05) is 82.2 Å². The Morgan fingerprint density at radius 1 is 1.07 bits per heavy atom. The monoisotopic (exact) mass is 604 g/mol. The first-order valence-electron chi connectivity index (χ1n) is 15.4. The molecule has 1 aliphatic rings. The molecule has 0 aliphatic heterocycles. The van der Waals surface area contributed by atoms with Gasteiger partial charge in [-0.3, -0.25) is 9.59 Å². The fourth-order valence-electron chi connectivity index (χ4n) is 5.21. The highest BCUT2D eigenvalue weighted by Crippen LogP contribution is 2.29. The van der Waals surface area contributed by atoms with Crippen molar-refractivity contribution in [1.82, 2.24) is 10.2 Å². The first-order valence-corrected chi connectivity index (χ1v) is 17.0. The van der Waals surface area contributed by atoms with E-state index in [9.17, 15) is 28.2 Å². The third-order valence-electron chi connectivity index (χ3n) is 7.94. The second-order valence-corrected chi connectivity index (χ2v) is 15.8. The van der Waals surface area contributed by atoms with Gasteiger partial charge in [0.15, 0.2) is 9.84 Å². The molecule has 0 spiro atoms. The Labute approximate surface area is 253 Å². The van der Waals surface area contributed by atoms with Gasteiger partial charge in [-0.15, -0.1) is 0 Å². The van der Waals surface area contributed by atoms with Crippen molar-refractivity contribution in [1.29, 1.82) is 0 Å². The summed E-state index contributed by atoms with van der Waals surface area (Å²) in [7, 11) is -3.61. The molecule has 3 atom stereocenters. The molecule has 1 aromatic rings. The number of aliphatic hydroxyl groups is 2. The number of carbonyl (C=O) groups is 2. The van der Waals surface area contributed by atoms with Crippen LogP contribution in [0, 0.1) is 23.7 Å². The van der Waals surface area contributed by atoms with Gasteiger partial charge in [0.2, 0.25) is 5.91 Å². The van der Waals surface area contributed by atoms with Gasteiger partial charge in [-0.2, -0.15) is 0 Å². The van der Waals surface area contributed by atoms with Gasteiger partial charge in [0.25, 0.3) is 5.91 Å². The summed E-state index contributed by atoms with van der Waals surface area (Å²) in [6, 6.07) is 8.92. The fraction of sp³-hybridized carbons (Fsp3) is 0.697. The van der Waals surface area contributed by atoms with E-state index < -0.39 is 44.6 Å². The van der Waals surface area contributed by atoms with E-state index in [-0.39, 0.29) is 31.2 Å². The van der Waals surface area contributed by atoms with Crippen molar-refractivity contribution in [3.8, 4) is 11.8 Å². The Morgan fingerprint density at radius 3 is 2.31 bits per heavy atom. The molecule has 8 nitrogen and oxygen atoms in total. The van der Waals surface area contributed by atoms with Gasteiger partial charge < -0.3 is 20.4 Å². The number of carbonyl (C=O) groups excluding carboxylic acids is 2. The number of hydrogen-bond acceptors (Lipinski definition) is 6. The predicted molar refractivity (Wildman–Crippen MR) is 167 cm³/mol. The average molecular weight is 605 g/mol. The minimum absolute atomic E-state index is 0.0739. The summed E-state index contributed by atoms with van der Waals surface area (Å²) in [5.74, 6) is 4.64. The summed E-state index contributed by atoms with van der Waals surface area (Å²) in [5.41, 5.74) is 0.990. The maximum absolute atomic E-state index is 13.1. The minimum Gasteiger partial charge on any atom is -0.390 e. The molecule has 0 aromatic heterocycles. The Hall–Kier alpha value is -2.41. The number of rotatable bonds is 14. The molecule has 9 heteroatoms. The van der Waals surface area contributed by atoms with Gasteiger partial charge in [0.05, 0.1) is 16.9 Å². The summed E-state index contributed by atoms with van der Waals surface area (Å²) in [4.78, 5) is 27.2. The van der Waals surface area contributed by atoms with Crippen molar-refractivity contribution < 1.29 is 28.2 Å². The molecule has 42 heavy (non-hydrogen) atoms. The second kappa shape index (κ2) is 17.0. The largest absolute Gasteiger partial charge is 0.390 e. The van der Waals surface area contributed by atoms with Crippen LogP contribution in [0.5, 0.6) is 0 Å². The lowest BCUT2D eigenvalue weighted by atomic mass is 9.82. The van der Waals surface area contributed by atoms with E-state index in [0.717, 1.165) is 31.2 Å². The molecule has 0 saturated heterocycles. The summed E-state index contributed by atoms with van der Waals surface area (Å²) in [6.07, 6.45) is 5.26. The smallest absolute Gasteiger partial charge is 0.296 e. The van der Waals surface area contributed by atoms with Crippen LogP contribution in [-0.2, 0) is 25.8 Å². The van der Waals surface area contributed by atoms with Crippen LogP contribution in [0.25, 0.3) is 0 Å². The van der Waals surface area contributed by atoms with Gasteiger partial charge in [-0.25, -0.2) is 8.42 Å². The minimum atomic E-state index is -3.61. The van der Waals surface area contributed by atoms with Crippen LogP contribution in [0.2, 0.25) is 0 Å². The van der Waals surface area contributed by atoms with E-state index in [1.54, 1.807) is 20.8 Å². The third kappa shape index (κ3) is 12.4. The van der Waals surface area contributed by atoms with Crippen LogP contribution >= 0.6 is 0 Å². The molecule has 2 rings (SSSR count). The molecule has 0 radical (unpaired) electrons. The number of aryl methyl sites for hydroxylation is 1. The van der Waals surface area contributed by atoms with E-state index in [1.807, 2.05) is 44.2 Å². The second-order valence-electron chi connectivity index (χ2n) is 13.1. The zero-order valence-electron chi connectivity index (χ0n) is 26.1. The van der Waals surface area contributed by atoms with E-state index in [1.165, 1.54) is 11.3 Å². The average Bonchev–Trinajstić information content (AvgIpc) is 2.92. The zero-order chi connectivity index (χ0) is 31.3. The van der Waals surface area contributed by atoms with Crippen LogP contribution in [0.15, 0.2) is 30.3 Å². The summed E-state index contributed by atoms with van der Waals surface area (Å²) in [6.45, 7) is 8.84. The first kappa shape index (κ1) is 35.8. The van der Waals surface area contributed by atoms with E-state index in [2.05, 4.69) is 17.2 Å². The van der Waals surface area contributed by atoms with Gasteiger partial charge in [0, 0.05) is 19.4 Å². The van der Waals surface area contributed by atoms with Gasteiger partial charge in [0.1, 0.15) is 12.0 Å². The van der Waals surface area contributed by atoms with Crippen LogP contribution in [0.4, 0.5) is 0 Å². The number of nitrogens with zero attached hydrogens (tertiary/aromatic N) is 1. The van der Waals surface area contributed by atoms with Crippen molar-refractivity contribution in [3.63, 3.8) is 0 Å². The lowest BCUT2D eigenvalue weighted by molar-refractivity contribution is -0.130. The predicted octanol–water partition coefficient (Wildman–Crippen LogP) is 4.24. The van der Waals surface area contributed by atoms with Crippen LogP contribution < -0.4 is 5.32 Å². The topological polar surface area (TPSA) is 124 Å². The SMILES string of the molecule is CC(C)C[C@H](O)[C@H](O)[C@@H](CC1CCCCC1)NC(=O)C#CCCN(CS(=O)(=O)C(C)(C)C)C(=O)CCc1ccccc1. The number of nitrogens with one attached hydrogen (secondary N) is 1. The quantitative estimate of drug-likeness (QED) is 0.273. The highest BCUT2D eigenvalue weighted by Gasteiger charge is 2.33. The zero-order valence-corrected chi connectivity index (χ0v) is 27.0. The highest BCUT2D eigenvalue weighted by atomic mass is 32.2. The van der Waals surface area contributed by atoms with Crippen molar-refractivity contribution >= 4 is 21.7 Å². The van der Waals surface area contributed by atoms with Crippen molar-refractivity contribution in [2.24, 2.45) is 11.8 Å². The molecule has 1 fully saturated rings. The molecule has 0 unspecified atom stereocenters. The van der Waals surface area contributed by atoms with E-state index >= 15 is 0 Å². The normalized spacial score (nSPS) is 16.7. The summed E-state index contributed by atoms with van der Waals surface area (Å²) in [5, 5.41) is 24.3. The molecule has 0 bridgehead atoms. The molecule has 2 amide bonds. The first-order chi connectivity index (χ1) is 19.7. The fourth-order valence-corrected chi connectivity index (χ4v) is 6.28. The molecule has 0 heterocycles. The van der Waals surface area contributed by atoms with Gasteiger partial charge in [-0.05, 0) is 63.4 Å². The van der Waals surface area contributed by atoms with Gasteiger partial charge >= 0.3 is 0 Å². The Morgan fingerprint density at radius 2 is 1.71 bits per heavy atom. The summed E-state index contributed by atoms with van der Waals surface area (Å²) < 4.78 is 24.8. The van der Waals surface area contributed by atoms with E-state index in [4.69, 9.17) is 0 Å². The maximum atomic E-state index is 13.1. The number of aliphatic hydroxyl groups excluding tert-OH is 2.